The second-order valence-corrected chi connectivity index (χ2v) is 14.9. The fourth-order valence-corrected chi connectivity index (χ4v) is 8.05. The van der Waals surface area contributed by atoms with Gasteiger partial charge in [-0.2, -0.15) is 0 Å². The highest BCUT2D eigenvalue weighted by Crippen LogP contribution is 2.71. The number of carbonyl (C=O) groups excluding carboxylic acids is 4. The molecule has 4 amide bonds. The molecule has 8 N–H and O–H groups in total. The Kier molecular flexibility index (Phi) is 11.2. The van der Waals surface area contributed by atoms with Crippen molar-refractivity contribution in [3.63, 3.8) is 0 Å². The summed E-state index contributed by atoms with van der Waals surface area (Å²) in [5.41, 5.74) is 12.1. The first-order chi connectivity index (χ1) is 19.5. The number of nitrogens with one attached hydrogen (secondary N) is 4. The molecule has 9 atom stereocenters. The molecule has 0 radical (unpaired) electrons. The highest BCUT2D eigenvalue weighted by Gasteiger charge is 2.64. The Morgan fingerprint density at radius 3 is 2.10 bits per heavy atom. The van der Waals surface area contributed by atoms with Crippen LogP contribution in [0.2, 0.25) is 12.6 Å². The molecular weight excluding hydrogens is 531 g/mol. The van der Waals surface area contributed by atoms with Crippen molar-refractivity contribution in [2.45, 2.75) is 130 Å². The van der Waals surface area contributed by atoms with Gasteiger partial charge in [0, 0.05) is 5.94 Å². The molecule has 2 bridgehead atoms. The molecule has 42 heavy (non-hydrogen) atoms. The van der Waals surface area contributed by atoms with Gasteiger partial charge in [-0.05, 0) is 87.0 Å². The van der Waals surface area contributed by atoms with Gasteiger partial charge in [-0.15, -0.1) is 0 Å². The summed E-state index contributed by atoms with van der Waals surface area (Å²) in [5.74, 6) is 0.543. The summed E-state index contributed by atoms with van der Waals surface area (Å²) in [6, 6.07) is -3.24. The maximum absolute atomic E-state index is 13.3. The van der Waals surface area contributed by atoms with Gasteiger partial charge in [0.25, 0.3) is 0 Å². The van der Waals surface area contributed by atoms with Crippen LogP contribution in [0.4, 0.5) is 0 Å². The smallest absolute Gasteiger partial charge is 0.243 e. The maximum Gasteiger partial charge on any atom is 0.243 e. The van der Waals surface area contributed by atoms with Gasteiger partial charge >= 0.3 is 0 Å². The minimum absolute atomic E-state index is 0.0139. The number of hydrogen-bond donors (Lipinski definition) is 6. The molecule has 238 valence electrons. The number of nitrogens with two attached hydrogens (primary N) is 2. The summed E-state index contributed by atoms with van der Waals surface area (Å²) < 4.78 is 0. The average molecular weight is 589 g/mol. The van der Waals surface area contributed by atoms with E-state index >= 15 is 0 Å². The molecular formula is C31H57BN6O4. The third-order valence-electron chi connectivity index (χ3n) is 11.0. The van der Waals surface area contributed by atoms with Crippen molar-refractivity contribution >= 4 is 30.3 Å². The third kappa shape index (κ3) is 7.49. The molecule has 10 nitrogen and oxygen atoms in total. The summed E-state index contributed by atoms with van der Waals surface area (Å²) >= 11 is 0. The Bertz CT molecular complexity index is 1010. The standard InChI is InChI=1S/C31H57BN6O4/c1-17(2)25(38-26(39)18(3)34)29(42)37-24(11-9-10-12-33)28(41)35-19(4)27(40)36-20(5)32-15-23-22-13-21(30(22,6)7)14-31(23,8)16-32/h17-25H,9-16,33-34H2,1-8H3,(H,35,41)(H,36,40)(H,37,42)(H,38,39)/t18-,19-,20-,21-,22+,23-,24-,25-,31-/m0/s1. The van der Waals surface area contributed by atoms with Crippen molar-refractivity contribution in [1.82, 2.24) is 21.3 Å². The van der Waals surface area contributed by atoms with E-state index in [9.17, 15) is 19.2 Å². The topological polar surface area (TPSA) is 168 Å². The fraction of sp³-hybridized carbons (Fsp3) is 0.871. The lowest BCUT2D eigenvalue weighted by molar-refractivity contribution is -0.151. The van der Waals surface area contributed by atoms with Crippen LogP contribution in [0.25, 0.3) is 0 Å². The quantitative estimate of drug-likeness (QED) is 0.134. The van der Waals surface area contributed by atoms with Crippen molar-refractivity contribution in [3.8, 4) is 0 Å². The minimum Gasteiger partial charge on any atom is -0.359 e. The van der Waals surface area contributed by atoms with Crippen LogP contribution in [-0.4, -0.2) is 67.0 Å². The minimum atomic E-state index is -0.863. The molecule has 0 aromatic rings. The zero-order chi connectivity index (χ0) is 31.6. The maximum atomic E-state index is 13.3. The SMILES string of the molecule is CC(C)[C@H](NC(=O)[C@H](C)N)C(=O)N[C@@H](CCCCN)C(=O)N[C@@H](C)C(=O)N[C@@H](C)B1C[C@H]2[C@H]3C[C@@H](C[C@@]2(C)C1)C3(C)C. The van der Waals surface area contributed by atoms with Gasteiger partial charge < -0.3 is 32.7 Å². The zero-order valence-electron chi connectivity index (χ0n) is 27.2. The van der Waals surface area contributed by atoms with Crippen molar-refractivity contribution in [2.75, 3.05) is 6.54 Å². The van der Waals surface area contributed by atoms with Gasteiger partial charge in [-0.1, -0.05) is 54.2 Å². The number of carbonyl (C=O) groups is 4. The summed E-state index contributed by atoms with van der Waals surface area (Å²) in [4.78, 5) is 51.9. The van der Waals surface area contributed by atoms with Crippen molar-refractivity contribution in [3.05, 3.63) is 0 Å². The van der Waals surface area contributed by atoms with Crippen LogP contribution in [-0.2, 0) is 19.2 Å². The van der Waals surface area contributed by atoms with Crippen molar-refractivity contribution in [1.29, 1.82) is 0 Å². The summed E-state index contributed by atoms with van der Waals surface area (Å²) in [7, 11) is 0. The van der Waals surface area contributed by atoms with Gasteiger partial charge in [0.2, 0.25) is 23.6 Å². The van der Waals surface area contributed by atoms with Crippen LogP contribution in [0.1, 0.15) is 87.5 Å². The first-order valence-corrected chi connectivity index (χ1v) is 16.2. The second kappa shape index (κ2) is 13.7. The zero-order valence-corrected chi connectivity index (χ0v) is 27.2. The van der Waals surface area contributed by atoms with Gasteiger partial charge in [0.15, 0.2) is 6.71 Å². The van der Waals surface area contributed by atoms with Gasteiger partial charge in [0.05, 0.1) is 6.04 Å². The third-order valence-corrected chi connectivity index (χ3v) is 11.0. The Morgan fingerprint density at radius 2 is 1.52 bits per heavy atom. The largest absolute Gasteiger partial charge is 0.359 e. The van der Waals surface area contributed by atoms with Gasteiger partial charge in [0.1, 0.15) is 18.1 Å². The van der Waals surface area contributed by atoms with E-state index in [0.29, 0.717) is 49.3 Å². The van der Waals surface area contributed by atoms with E-state index < -0.39 is 41.9 Å². The van der Waals surface area contributed by atoms with Gasteiger partial charge in [-0.3, -0.25) is 19.2 Å². The van der Waals surface area contributed by atoms with E-state index in [-0.39, 0.29) is 17.8 Å². The molecule has 4 rings (SSSR count). The van der Waals surface area contributed by atoms with Crippen LogP contribution in [0.15, 0.2) is 0 Å². The molecule has 1 heterocycles. The Hall–Kier alpha value is -2.14. The Labute approximate surface area is 253 Å². The van der Waals surface area contributed by atoms with Crippen molar-refractivity contribution < 1.29 is 19.2 Å². The first-order valence-electron chi connectivity index (χ1n) is 16.2. The summed E-state index contributed by atoms with van der Waals surface area (Å²) in [6.45, 7) is 17.1. The van der Waals surface area contributed by atoms with E-state index in [4.69, 9.17) is 11.5 Å². The highest BCUT2D eigenvalue weighted by molar-refractivity contribution is 6.62. The molecule has 3 aliphatic carbocycles. The Morgan fingerprint density at radius 1 is 0.857 bits per heavy atom. The van der Waals surface area contributed by atoms with Crippen LogP contribution < -0.4 is 32.7 Å². The monoisotopic (exact) mass is 588 g/mol. The lowest BCUT2D eigenvalue weighted by Crippen LogP contribution is -2.58. The van der Waals surface area contributed by atoms with E-state index in [0.717, 1.165) is 24.5 Å². The van der Waals surface area contributed by atoms with Crippen LogP contribution >= 0.6 is 0 Å². The van der Waals surface area contributed by atoms with Crippen molar-refractivity contribution in [2.24, 2.45) is 46.0 Å². The molecule has 0 aromatic carbocycles. The highest BCUT2D eigenvalue weighted by atomic mass is 16.2. The molecule has 0 unspecified atom stereocenters. The number of rotatable bonds is 14. The van der Waals surface area contributed by atoms with E-state index in [1.807, 2.05) is 13.8 Å². The average Bonchev–Trinajstić information content (AvgIpc) is 3.28. The number of hydrogen-bond acceptors (Lipinski definition) is 6. The fourth-order valence-electron chi connectivity index (χ4n) is 8.05. The van der Waals surface area contributed by atoms with E-state index in [2.05, 4.69) is 49.0 Å². The molecule has 3 saturated carbocycles. The predicted octanol–water partition coefficient (Wildman–Crippen LogP) is 1.83. The summed E-state index contributed by atoms with van der Waals surface area (Å²) in [5, 5.41) is 11.5. The molecule has 11 heteroatoms. The molecule has 0 aromatic heterocycles. The molecule has 0 spiro atoms. The molecule has 1 aliphatic heterocycles. The number of unbranched alkanes of at least 4 members (excludes halogenated alkanes) is 1. The van der Waals surface area contributed by atoms with E-state index in [1.54, 1.807) is 13.8 Å². The predicted molar refractivity (Wildman–Crippen MR) is 167 cm³/mol. The summed E-state index contributed by atoms with van der Waals surface area (Å²) in [6.07, 6.45) is 6.61. The lowest BCUT2D eigenvalue weighted by Gasteiger charge is -2.65. The molecule has 1 saturated heterocycles. The number of amides is 4. The van der Waals surface area contributed by atoms with Gasteiger partial charge in [-0.25, -0.2) is 0 Å². The van der Waals surface area contributed by atoms with E-state index in [1.165, 1.54) is 12.8 Å². The van der Waals surface area contributed by atoms with Crippen LogP contribution in [0, 0.1) is 34.5 Å². The second-order valence-electron chi connectivity index (χ2n) is 14.9. The molecule has 4 aliphatic rings. The normalized spacial score (nSPS) is 29.3. The Balaban J connectivity index is 1.58. The lowest BCUT2D eigenvalue weighted by atomic mass is 9.40. The van der Waals surface area contributed by atoms with Crippen LogP contribution in [0.3, 0.4) is 0 Å². The molecule has 4 fully saturated rings. The first kappa shape index (κ1) is 34.4. The van der Waals surface area contributed by atoms with Crippen LogP contribution in [0.5, 0.6) is 0 Å².